The second-order valence-corrected chi connectivity index (χ2v) is 1.99. The Labute approximate surface area is 61.3 Å². The van der Waals surface area contributed by atoms with E-state index >= 15 is 0 Å². The Hall–Kier alpha value is -0.410. The van der Waals surface area contributed by atoms with Gasteiger partial charge in [0, 0.05) is 6.42 Å². The summed E-state index contributed by atoms with van der Waals surface area (Å²) in [7, 11) is 0. The summed E-state index contributed by atoms with van der Waals surface area (Å²) >= 11 is 0. The van der Waals surface area contributed by atoms with Gasteiger partial charge in [-0.05, 0) is 6.92 Å². The smallest absolute Gasteiger partial charge is 0.146 e. The van der Waals surface area contributed by atoms with Crippen molar-refractivity contribution in [3.63, 3.8) is 0 Å². The van der Waals surface area contributed by atoms with Crippen LogP contribution in [0.2, 0.25) is 0 Å². The highest BCUT2D eigenvalue weighted by atomic mass is 16.7. The molecule has 0 N–H and O–H groups in total. The Morgan fingerprint density at radius 2 is 1.80 bits per heavy atom. The molecular weight excluding hydrogens is 132 g/mol. The second-order valence-electron chi connectivity index (χ2n) is 1.99. The van der Waals surface area contributed by atoms with Crippen molar-refractivity contribution in [3.05, 3.63) is 0 Å². The molecule has 3 heteroatoms. The van der Waals surface area contributed by atoms with Gasteiger partial charge in [-0.1, -0.05) is 6.92 Å². The molecule has 10 heavy (non-hydrogen) atoms. The molecule has 0 aromatic carbocycles. The van der Waals surface area contributed by atoms with Crippen LogP contribution in [0.3, 0.4) is 0 Å². The minimum atomic E-state index is 0.255. The maximum Gasteiger partial charge on any atom is 0.146 e. The standard InChI is InChI=1S/C4H8O.C3H6O2/c1-3-4(2)5;1-2-5-3-4-1/h3H2,1-2H3;1-3H2. The Morgan fingerprint density at radius 3 is 1.90 bits per heavy atom. The molecule has 1 aliphatic rings. The van der Waals surface area contributed by atoms with Gasteiger partial charge in [-0.15, -0.1) is 0 Å². The van der Waals surface area contributed by atoms with E-state index in [-0.39, 0.29) is 5.78 Å². The van der Waals surface area contributed by atoms with E-state index in [2.05, 4.69) is 0 Å². The normalized spacial score (nSPS) is 15.8. The first kappa shape index (κ1) is 9.59. The molecule has 0 spiro atoms. The summed E-state index contributed by atoms with van der Waals surface area (Å²) in [6.07, 6.45) is 0.667. The van der Waals surface area contributed by atoms with Crippen molar-refractivity contribution in [1.82, 2.24) is 0 Å². The van der Waals surface area contributed by atoms with Gasteiger partial charge in [0.15, 0.2) is 0 Å². The molecule has 1 rings (SSSR count). The van der Waals surface area contributed by atoms with E-state index in [4.69, 9.17) is 9.47 Å². The third kappa shape index (κ3) is 7.59. The van der Waals surface area contributed by atoms with Crippen LogP contribution >= 0.6 is 0 Å². The van der Waals surface area contributed by atoms with Gasteiger partial charge >= 0.3 is 0 Å². The highest BCUT2D eigenvalue weighted by Gasteiger charge is 1.93. The van der Waals surface area contributed by atoms with Crippen molar-refractivity contribution in [3.8, 4) is 0 Å². The fourth-order valence-electron chi connectivity index (χ4n) is 0.295. The van der Waals surface area contributed by atoms with Crippen LogP contribution in [-0.2, 0) is 14.3 Å². The van der Waals surface area contributed by atoms with Crippen molar-refractivity contribution in [2.75, 3.05) is 20.0 Å². The van der Waals surface area contributed by atoms with Crippen LogP contribution in [-0.4, -0.2) is 25.8 Å². The average molecular weight is 146 g/mol. The quantitative estimate of drug-likeness (QED) is 0.553. The lowest BCUT2D eigenvalue weighted by Crippen LogP contribution is -1.80. The highest BCUT2D eigenvalue weighted by Crippen LogP contribution is 1.85. The molecule has 60 valence electrons. The maximum absolute atomic E-state index is 9.81. The van der Waals surface area contributed by atoms with Crippen LogP contribution in [0.4, 0.5) is 0 Å². The summed E-state index contributed by atoms with van der Waals surface area (Å²) in [4.78, 5) is 9.81. The van der Waals surface area contributed by atoms with E-state index in [0.717, 1.165) is 13.2 Å². The van der Waals surface area contributed by atoms with E-state index in [9.17, 15) is 4.79 Å². The van der Waals surface area contributed by atoms with Gasteiger partial charge < -0.3 is 14.3 Å². The monoisotopic (exact) mass is 146 g/mol. The molecule has 0 atom stereocenters. The zero-order valence-electron chi connectivity index (χ0n) is 6.55. The van der Waals surface area contributed by atoms with E-state index < -0.39 is 0 Å². The number of hydrogen-bond donors (Lipinski definition) is 0. The summed E-state index contributed by atoms with van der Waals surface area (Å²) in [6.45, 7) is 5.49. The van der Waals surface area contributed by atoms with Gasteiger partial charge in [0.1, 0.15) is 12.6 Å². The molecule has 1 fully saturated rings. The number of ether oxygens (including phenoxy) is 2. The number of ketones is 1. The predicted octanol–water partition coefficient (Wildman–Crippen LogP) is 0.976. The van der Waals surface area contributed by atoms with Crippen molar-refractivity contribution < 1.29 is 14.3 Å². The first-order valence-electron chi connectivity index (χ1n) is 3.42. The molecule has 3 nitrogen and oxygen atoms in total. The Kier molecular flexibility index (Phi) is 6.43. The SMILES string of the molecule is C1COCO1.CCC(C)=O. The van der Waals surface area contributed by atoms with Crippen LogP contribution < -0.4 is 0 Å². The molecule has 0 aromatic heterocycles. The van der Waals surface area contributed by atoms with Crippen molar-refractivity contribution in [2.24, 2.45) is 0 Å². The number of carbonyl (C=O) groups excluding carboxylic acids is 1. The van der Waals surface area contributed by atoms with Crippen LogP contribution in [0.15, 0.2) is 0 Å². The summed E-state index contributed by atoms with van der Waals surface area (Å²) in [6, 6.07) is 0. The van der Waals surface area contributed by atoms with E-state index in [1.54, 1.807) is 6.92 Å². The molecule has 0 unspecified atom stereocenters. The minimum absolute atomic E-state index is 0.255. The Morgan fingerprint density at radius 1 is 1.40 bits per heavy atom. The lowest BCUT2D eigenvalue weighted by molar-refractivity contribution is -0.116. The maximum atomic E-state index is 9.81. The van der Waals surface area contributed by atoms with Crippen molar-refractivity contribution in [2.45, 2.75) is 20.3 Å². The second kappa shape index (κ2) is 6.71. The molecule has 1 heterocycles. The summed E-state index contributed by atoms with van der Waals surface area (Å²) in [5.41, 5.74) is 0. The van der Waals surface area contributed by atoms with Crippen LogP contribution in [0.1, 0.15) is 20.3 Å². The molecule has 1 aliphatic heterocycles. The summed E-state index contributed by atoms with van der Waals surface area (Å²) in [5, 5.41) is 0. The third-order valence-corrected chi connectivity index (χ3v) is 1.04. The lowest BCUT2D eigenvalue weighted by Gasteiger charge is -1.76. The Bertz CT molecular complexity index is 79.2. The molecular formula is C7H14O3. The van der Waals surface area contributed by atoms with Gasteiger partial charge in [0.05, 0.1) is 13.2 Å². The fourth-order valence-corrected chi connectivity index (χ4v) is 0.295. The number of Topliss-reactive ketones (excluding diaryl/α,β-unsaturated/α-hetero) is 1. The molecule has 0 aromatic rings. The predicted molar refractivity (Wildman–Crippen MR) is 37.7 cm³/mol. The first-order chi connectivity index (χ1) is 4.77. The number of hydrogen-bond acceptors (Lipinski definition) is 3. The molecule has 0 amide bonds. The van der Waals surface area contributed by atoms with Crippen LogP contribution in [0.5, 0.6) is 0 Å². The van der Waals surface area contributed by atoms with E-state index in [1.807, 2.05) is 6.92 Å². The van der Waals surface area contributed by atoms with Crippen LogP contribution in [0.25, 0.3) is 0 Å². The minimum Gasteiger partial charge on any atom is -0.353 e. The van der Waals surface area contributed by atoms with Crippen molar-refractivity contribution >= 4 is 5.78 Å². The summed E-state index contributed by atoms with van der Waals surface area (Å²) < 4.78 is 9.44. The zero-order valence-corrected chi connectivity index (χ0v) is 6.55. The van der Waals surface area contributed by atoms with Crippen molar-refractivity contribution in [1.29, 1.82) is 0 Å². The van der Waals surface area contributed by atoms with Gasteiger partial charge in [-0.3, -0.25) is 0 Å². The van der Waals surface area contributed by atoms with Gasteiger partial charge in [-0.2, -0.15) is 0 Å². The van der Waals surface area contributed by atoms with E-state index in [0.29, 0.717) is 13.2 Å². The fraction of sp³-hybridized carbons (Fsp3) is 0.857. The number of rotatable bonds is 1. The molecule has 0 radical (unpaired) electrons. The average Bonchev–Trinajstić information content (AvgIpc) is 2.43. The zero-order chi connectivity index (χ0) is 7.82. The van der Waals surface area contributed by atoms with Gasteiger partial charge in [0.25, 0.3) is 0 Å². The topological polar surface area (TPSA) is 35.5 Å². The van der Waals surface area contributed by atoms with Gasteiger partial charge in [0.2, 0.25) is 0 Å². The summed E-state index contributed by atoms with van der Waals surface area (Å²) in [5.74, 6) is 0.255. The molecule has 0 aliphatic carbocycles. The largest absolute Gasteiger partial charge is 0.353 e. The lowest BCUT2D eigenvalue weighted by atomic mass is 10.4. The molecule has 1 saturated heterocycles. The molecule has 0 bridgehead atoms. The Balaban J connectivity index is 0.000000162. The molecule has 0 saturated carbocycles. The van der Waals surface area contributed by atoms with E-state index in [1.165, 1.54) is 0 Å². The van der Waals surface area contributed by atoms with Gasteiger partial charge in [-0.25, -0.2) is 0 Å². The number of carbonyl (C=O) groups is 1. The third-order valence-electron chi connectivity index (χ3n) is 1.04. The first-order valence-corrected chi connectivity index (χ1v) is 3.42. The highest BCUT2D eigenvalue weighted by molar-refractivity contribution is 5.74. The van der Waals surface area contributed by atoms with Crippen LogP contribution in [0, 0.1) is 0 Å².